The van der Waals surface area contributed by atoms with Crippen LogP contribution in [0.3, 0.4) is 0 Å². The lowest BCUT2D eigenvalue weighted by Gasteiger charge is -2.33. The fourth-order valence-corrected chi connectivity index (χ4v) is 3.29. The van der Waals surface area contributed by atoms with Crippen molar-refractivity contribution in [2.45, 2.75) is 32.4 Å². The molecule has 0 bridgehead atoms. The van der Waals surface area contributed by atoms with Gasteiger partial charge in [-0.05, 0) is 50.9 Å². The second-order valence-electron chi connectivity index (χ2n) is 6.44. The van der Waals surface area contributed by atoms with Crippen molar-refractivity contribution in [3.63, 3.8) is 0 Å². The topological polar surface area (TPSA) is 80.7 Å². The second-order valence-corrected chi connectivity index (χ2v) is 6.44. The Labute approximate surface area is 147 Å². The summed E-state index contributed by atoms with van der Waals surface area (Å²) in [5.41, 5.74) is 0. The Balaban J connectivity index is 1.51. The molecule has 1 aliphatic rings. The third kappa shape index (κ3) is 4.11. The van der Waals surface area contributed by atoms with Crippen LogP contribution >= 0.6 is 0 Å². The van der Waals surface area contributed by atoms with Crippen molar-refractivity contribution < 1.29 is 19.1 Å². The van der Waals surface area contributed by atoms with Crippen LogP contribution in [0.2, 0.25) is 0 Å². The Morgan fingerprint density at radius 1 is 1.44 bits per heavy atom. The van der Waals surface area contributed by atoms with Crippen LogP contribution in [0.1, 0.15) is 48.0 Å². The molecule has 0 radical (unpaired) electrons. The van der Waals surface area contributed by atoms with Gasteiger partial charge in [-0.25, -0.2) is 9.78 Å². The number of hydrogen-bond acceptors (Lipinski definition) is 6. The summed E-state index contributed by atoms with van der Waals surface area (Å²) in [7, 11) is 1.90. The summed E-state index contributed by atoms with van der Waals surface area (Å²) >= 11 is 0. The van der Waals surface area contributed by atoms with Gasteiger partial charge in [-0.1, -0.05) is 0 Å². The Kier molecular flexibility index (Phi) is 5.55. The monoisotopic (exact) mass is 347 g/mol. The number of aryl methyl sites for hydroxylation is 1. The number of carbonyl (C=O) groups is 1. The van der Waals surface area contributed by atoms with Gasteiger partial charge in [0.1, 0.15) is 17.7 Å². The van der Waals surface area contributed by atoms with E-state index in [1.54, 1.807) is 19.2 Å². The maximum atomic E-state index is 11.6. The molecule has 0 saturated carbocycles. The highest BCUT2D eigenvalue weighted by molar-refractivity contribution is 5.86. The van der Waals surface area contributed by atoms with E-state index in [0.717, 1.165) is 37.5 Å². The number of furan rings is 1. The Hall–Kier alpha value is -2.12. The van der Waals surface area contributed by atoms with Gasteiger partial charge in [0, 0.05) is 19.4 Å². The predicted molar refractivity (Wildman–Crippen MR) is 90.8 cm³/mol. The molecule has 0 aromatic carbocycles. The summed E-state index contributed by atoms with van der Waals surface area (Å²) in [6, 6.07) is 3.48. The lowest BCUT2D eigenvalue weighted by molar-refractivity contribution is 0.0447. The molecule has 3 heterocycles. The number of esters is 1. The lowest BCUT2D eigenvalue weighted by atomic mass is 9.90. The highest BCUT2D eigenvalue weighted by atomic mass is 16.5. The summed E-state index contributed by atoms with van der Waals surface area (Å²) < 4.78 is 12.4. The number of aliphatic hydroxyl groups is 1. The average Bonchev–Trinajstić information content (AvgIpc) is 3.24. The number of nitrogens with zero attached hydrogens (tertiary/aromatic N) is 3. The molecule has 1 fully saturated rings. The minimum atomic E-state index is -0.527. The summed E-state index contributed by atoms with van der Waals surface area (Å²) in [6.07, 6.45) is 4.84. The van der Waals surface area contributed by atoms with Gasteiger partial charge in [0.25, 0.3) is 0 Å². The number of aromatic nitrogens is 2. The molecule has 7 nitrogen and oxygen atoms in total. The Morgan fingerprint density at radius 3 is 2.84 bits per heavy atom. The number of imidazole rings is 1. The van der Waals surface area contributed by atoms with Crippen LogP contribution in [0.5, 0.6) is 0 Å². The van der Waals surface area contributed by atoms with Crippen LogP contribution in [0.15, 0.2) is 28.9 Å². The van der Waals surface area contributed by atoms with Crippen LogP contribution < -0.4 is 0 Å². The van der Waals surface area contributed by atoms with Gasteiger partial charge in [0.05, 0.1) is 13.2 Å². The molecule has 136 valence electrons. The van der Waals surface area contributed by atoms with Gasteiger partial charge in [-0.15, -0.1) is 0 Å². The number of rotatable bonds is 6. The molecule has 1 atom stereocenters. The normalized spacial score (nSPS) is 17.6. The zero-order valence-electron chi connectivity index (χ0n) is 14.7. The van der Waals surface area contributed by atoms with E-state index in [1.807, 2.05) is 23.9 Å². The Bertz CT molecular complexity index is 701. The van der Waals surface area contributed by atoms with Crippen molar-refractivity contribution in [3.8, 4) is 0 Å². The Morgan fingerprint density at radius 2 is 2.20 bits per heavy atom. The number of piperidine rings is 1. The summed E-state index contributed by atoms with van der Waals surface area (Å²) in [6.45, 7) is 4.51. The van der Waals surface area contributed by atoms with Crippen LogP contribution in [-0.2, 0) is 18.3 Å². The molecular weight excluding hydrogens is 322 g/mol. The average molecular weight is 347 g/mol. The molecule has 7 heteroatoms. The highest BCUT2D eigenvalue weighted by Crippen LogP contribution is 2.30. The molecule has 1 unspecified atom stereocenters. The fraction of sp³-hybridized carbons (Fsp3) is 0.556. The maximum absolute atomic E-state index is 11.6. The van der Waals surface area contributed by atoms with E-state index in [-0.39, 0.29) is 11.7 Å². The van der Waals surface area contributed by atoms with Crippen molar-refractivity contribution in [3.05, 3.63) is 41.9 Å². The molecule has 2 aromatic rings. The summed E-state index contributed by atoms with van der Waals surface area (Å²) in [4.78, 5) is 18.2. The third-order valence-corrected chi connectivity index (χ3v) is 4.72. The standard InChI is InChI=1S/C18H25N3O4/c1-3-24-18(23)15-5-4-14(25-15)12-21-9-6-13(7-10-21)16(22)17-19-8-11-20(17)2/h4-5,8,11,13,16,22H,3,6-7,9-10,12H2,1-2H3. The minimum absolute atomic E-state index is 0.212. The van der Waals surface area contributed by atoms with Crippen molar-refractivity contribution in [2.75, 3.05) is 19.7 Å². The van der Waals surface area contributed by atoms with E-state index in [0.29, 0.717) is 13.2 Å². The molecular formula is C18H25N3O4. The molecule has 1 N–H and O–H groups in total. The SMILES string of the molecule is CCOC(=O)c1ccc(CN2CCC(C(O)c3nccn3C)CC2)o1. The zero-order chi connectivity index (χ0) is 17.8. The molecule has 0 spiro atoms. The van der Waals surface area contributed by atoms with E-state index in [4.69, 9.17) is 9.15 Å². The van der Waals surface area contributed by atoms with Crippen molar-refractivity contribution in [1.29, 1.82) is 0 Å². The number of ether oxygens (including phenoxy) is 1. The van der Waals surface area contributed by atoms with Crippen LogP contribution in [0, 0.1) is 5.92 Å². The molecule has 1 saturated heterocycles. The predicted octanol–water partition coefficient (Wildman–Crippen LogP) is 2.14. The van der Waals surface area contributed by atoms with Gasteiger partial charge in [-0.3, -0.25) is 4.90 Å². The van der Waals surface area contributed by atoms with Gasteiger partial charge in [-0.2, -0.15) is 0 Å². The first kappa shape index (κ1) is 17.7. The number of carbonyl (C=O) groups excluding carboxylic acids is 1. The van der Waals surface area contributed by atoms with E-state index < -0.39 is 12.1 Å². The maximum Gasteiger partial charge on any atom is 0.374 e. The first-order valence-corrected chi connectivity index (χ1v) is 8.72. The number of aliphatic hydroxyl groups excluding tert-OH is 1. The minimum Gasteiger partial charge on any atom is -0.460 e. The molecule has 0 amide bonds. The zero-order valence-corrected chi connectivity index (χ0v) is 14.7. The second kappa shape index (κ2) is 7.84. The van der Waals surface area contributed by atoms with Crippen molar-refractivity contribution in [1.82, 2.24) is 14.5 Å². The number of hydrogen-bond donors (Lipinski definition) is 1. The van der Waals surface area contributed by atoms with Gasteiger partial charge < -0.3 is 18.8 Å². The van der Waals surface area contributed by atoms with Crippen LogP contribution in [-0.4, -0.2) is 45.2 Å². The first-order valence-electron chi connectivity index (χ1n) is 8.72. The first-order chi connectivity index (χ1) is 12.1. The van der Waals surface area contributed by atoms with E-state index in [2.05, 4.69) is 9.88 Å². The van der Waals surface area contributed by atoms with E-state index in [9.17, 15) is 9.90 Å². The van der Waals surface area contributed by atoms with Gasteiger partial charge in [0.2, 0.25) is 5.76 Å². The molecule has 3 rings (SSSR count). The summed E-state index contributed by atoms with van der Waals surface area (Å²) in [5.74, 6) is 1.52. The van der Waals surface area contributed by atoms with E-state index in [1.165, 1.54) is 0 Å². The quantitative estimate of drug-likeness (QED) is 0.807. The van der Waals surface area contributed by atoms with Crippen molar-refractivity contribution in [2.24, 2.45) is 13.0 Å². The van der Waals surface area contributed by atoms with Gasteiger partial charge >= 0.3 is 5.97 Å². The number of likely N-dealkylation sites (tertiary alicyclic amines) is 1. The molecule has 0 aliphatic carbocycles. The fourth-order valence-electron chi connectivity index (χ4n) is 3.29. The molecule has 1 aliphatic heterocycles. The smallest absolute Gasteiger partial charge is 0.374 e. The van der Waals surface area contributed by atoms with Crippen LogP contribution in [0.25, 0.3) is 0 Å². The lowest BCUT2D eigenvalue weighted by Crippen LogP contribution is -2.35. The summed E-state index contributed by atoms with van der Waals surface area (Å²) in [5, 5.41) is 10.5. The van der Waals surface area contributed by atoms with E-state index >= 15 is 0 Å². The van der Waals surface area contributed by atoms with Crippen LogP contribution in [0.4, 0.5) is 0 Å². The molecule has 25 heavy (non-hydrogen) atoms. The molecule has 2 aromatic heterocycles. The highest BCUT2D eigenvalue weighted by Gasteiger charge is 2.28. The van der Waals surface area contributed by atoms with Gasteiger partial charge in [0.15, 0.2) is 0 Å². The third-order valence-electron chi connectivity index (χ3n) is 4.72. The largest absolute Gasteiger partial charge is 0.460 e. The van der Waals surface area contributed by atoms with Crippen molar-refractivity contribution >= 4 is 5.97 Å².